The molecule has 4 aromatic rings. The topological polar surface area (TPSA) is 98.7 Å². The van der Waals surface area contributed by atoms with Crippen molar-refractivity contribution < 1.29 is 37.3 Å². The molecular weight excluding hydrogens is 708 g/mol. The molecular formula is C42H49F2N5O6. The highest BCUT2D eigenvalue weighted by molar-refractivity contribution is 6.05. The van der Waals surface area contributed by atoms with Crippen LogP contribution in [0.5, 0.6) is 17.5 Å². The maximum Gasteiger partial charge on any atom is 0.410 e. The van der Waals surface area contributed by atoms with Crippen molar-refractivity contribution in [1.29, 1.82) is 0 Å². The lowest BCUT2D eigenvalue weighted by atomic mass is 9.92. The van der Waals surface area contributed by atoms with Gasteiger partial charge in [0.1, 0.15) is 47.8 Å². The lowest BCUT2D eigenvalue weighted by Crippen LogP contribution is -2.63. The van der Waals surface area contributed by atoms with Crippen LogP contribution in [0.1, 0.15) is 65.4 Å². The van der Waals surface area contributed by atoms with Crippen LogP contribution in [0.15, 0.2) is 36.4 Å². The monoisotopic (exact) mass is 757 g/mol. The lowest BCUT2D eigenvalue weighted by molar-refractivity contribution is 0.00544. The maximum atomic E-state index is 17.6. The average Bonchev–Trinajstić information content (AvgIpc) is 3.76. The number of nitrogens with zero attached hydrogens (tertiary/aromatic N) is 5. The van der Waals surface area contributed by atoms with Crippen LogP contribution < -0.4 is 19.1 Å². The molecule has 6 heterocycles. The van der Waals surface area contributed by atoms with Gasteiger partial charge in [-0.3, -0.25) is 9.80 Å². The standard InChI is InChI=1S/C42H49F2N5O6/c1-6-24-9-7-10-25-15-28(54-23-51-5)16-29(34(24)25)30-17-33-35-37(36(30)44)45-39(53-22-42-13-8-14-47(42)19-26(43)18-42)46-38(35)48-20-27-11-12-31(32(48)21-52-33)49(27)40(50)55-41(2,3)4/h7,9-10,15-17,26-27,31-32H,6,8,11-14,18-23H2,1-5H3/t26-,27+,31-,32-,42+/m0/s1. The van der Waals surface area contributed by atoms with Gasteiger partial charge in [-0.15, -0.1) is 0 Å². The van der Waals surface area contributed by atoms with Gasteiger partial charge in [-0.1, -0.05) is 25.1 Å². The molecule has 5 aliphatic rings. The van der Waals surface area contributed by atoms with Crippen molar-refractivity contribution in [2.75, 3.05) is 51.7 Å². The molecule has 4 fully saturated rings. The summed E-state index contributed by atoms with van der Waals surface area (Å²) in [6.45, 7) is 9.83. The minimum atomic E-state index is -0.922. The summed E-state index contributed by atoms with van der Waals surface area (Å²) in [5.41, 5.74) is 0.992. The molecule has 3 aromatic carbocycles. The van der Waals surface area contributed by atoms with Crippen LogP contribution in [-0.4, -0.2) is 108 Å². The zero-order chi connectivity index (χ0) is 38.2. The summed E-state index contributed by atoms with van der Waals surface area (Å²) in [4.78, 5) is 29.7. The van der Waals surface area contributed by atoms with Gasteiger partial charge in [-0.05, 0) is 99.5 Å². The second-order valence-electron chi connectivity index (χ2n) is 16.8. The summed E-state index contributed by atoms with van der Waals surface area (Å²) in [5.74, 6) is 0.959. The molecule has 55 heavy (non-hydrogen) atoms. The number of methoxy groups -OCH3 is 1. The number of anilines is 1. The van der Waals surface area contributed by atoms with Crippen molar-refractivity contribution in [2.45, 2.75) is 102 Å². The van der Waals surface area contributed by atoms with Crippen molar-refractivity contribution in [3.8, 4) is 28.6 Å². The first kappa shape index (κ1) is 36.2. The number of aryl methyl sites for hydroxylation is 1. The minimum Gasteiger partial charge on any atom is -0.490 e. The van der Waals surface area contributed by atoms with E-state index in [-0.39, 0.29) is 55.8 Å². The first-order valence-electron chi connectivity index (χ1n) is 19.6. The van der Waals surface area contributed by atoms with Gasteiger partial charge in [0.15, 0.2) is 12.6 Å². The van der Waals surface area contributed by atoms with Crippen LogP contribution in [0, 0.1) is 5.82 Å². The van der Waals surface area contributed by atoms with Crippen LogP contribution in [-0.2, 0) is 15.9 Å². The fraction of sp³-hybridized carbons (Fsp3) is 0.548. The van der Waals surface area contributed by atoms with Crippen LogP contribution in [0.25, 0.3) is 32.8 Å². The van der Waals surface area contributed by atoms with E-state index in [9.17, 15) is 9.18 Å². The zero-order valence-electron chi connectivity index (χ0n) is 32.2. The highest BCUT2D eigenvalue weighted by Crippen LogP contribution is 2.48. The van der Waals surface area contributed by atoms with Crippen molar-refractivity contribution in [3.63, 3.8) is 0 Å². The van der Waals surface area contributed by atoms with Gasteiger partial charge < -0.3 is 28.6 Å². The fourth-order valence-corrected chi connectivity index (χ4v) is 9.89. The Morgan fingerprint density at radius 2 is 1.91 bits per heavy atom. The smallest absolute Gasteiger partial charge is 0.410 e. The summed E-state index contributed by atoms with van der Waals surface area (Å²) >= 11 is 0. The minimum absolute atomic E-state index is 0.0338. The summed E-state index contributed by atoms with van der Waals surface area (Å²) < 4.78 is 62.6. The van der Waals surface area contributed by atoms with E-state index in [1.807, 2.05) is 49.9 Å². The third kappa shape index (κ3) is 6.18. The van der Waals surface area contributed by atoms with Gasteiger partial charge in [0, 0.05) is 32.2 Å². The second-order valence-corrected chi connectivity index (χ2v) is 16.8. The number of benzene rings is 3. The Hall–Kier alpha value is -4.49. The Balaban J connectivity index is 1.20. The molecule has 0 saturated carbocycles. The highest BCUT2D eigenvalue weighted by atomic mass is 19.1. The molecule has 1 amide bonds. The first-order chi connectivity index (χ1) is 26.5. The predicted octanol–water partition coefficient (Wildman–Crippen LogP) is 7.44. The number of fused-ring (bicyclic) bond motifs is 7. The first-order valence-corrected chi connectivity index (χ1v) is 19.6. The fourth-order valence-electron chi connectivity index (χ4n) is 9.89. The number of hydrogen-bond acceptors (Lipinski definition) is 10. The van der Waals surface area contributed by atoms with Crippen LogP contribution in [0.4, 0.5) is 19.4 Å². The molecule has 0 N–H and O–H groups in total. The van der Waals surface area contributed by atoms with Gasteiger partial charge in [0.25, 0.3) is 0 Å². The number of rotatable bonds is 8. The SMILES string of the molecule is CCc1cccc2cc(OCOC)cc(-c3cc4c5c(nc(OC[C@]67CCCN6C[C@@H](F)C7)nc5c3F)N3C[C@H]5CC[C@@H]([C@@H]3CO4)N5C(=O)OC(C)(C)C)c12. The highest BCUT2D eigenvalue weighted by Gasteiger charge is 2.52. The Bertz CT molecular complexity index is 2160. The van der Waals surface area contributed by atoms with E-state index < -0.39 is 23.1 Å². The molecule has 5 atom stereocenters. The number of ether oxygens (including phenoxy) is 5. The Morgan fingerprint density at radius 3 is 2.71 bits per heavy atom. The van der Waals surface area contributed by atoms with E-state index in [1.54, 1.807) is 13.2 Å². The average molecular weight is 758 g/mol. The third-order valence-electron chi connectivity index (χ3n) is 12.2. The molecule has 2 bridgehead atoms. The molecule has 292 valence electrons. The van der Waals surface area contributed by atoms with E-state index in [0.29, 0.717) is 53.3 Å². The summed E-state index contributed by atoms with van der Waals surface area (Å²) in [5, 5.41) is 2.27. The van der Waals surface area contributed by atoms with Gasteiger partial charge in [-0.2, -0.15) is 9.97 Å². The molecule has 5 aliphatic heterocycles. The van der Waals surface area contributed by atoms with Crippen molar-refractivity contribution >= 4 is 33.6 Å². The molecule has 0 unspecified atom stereocenters. The van der Waals surface area contributed by atoms with E-state index in [0.717, 1.165) is 55.0 Å². The number of aromatic nitrogens is 2. The van der Waals surface area contributed by atoms with Crippen molar-refractivity contribution in [2.24, 2.45) is 0 Å². The molecule has 9 rings (SSSR count). The molecule has 0 spiro atoms. The Kier molecular flexibility index (Phi) is 8.95. The zero-order valence-corrected chi connectivity index (χ0v) is 32.2. The number of hydrogen-bond donors (Lipinski definition) is 0. The number of halogens is 2. The lowest BCUT2D eigenvalue weighted by Gasteiger charge is -2.46. The van der Waals surface area contributed by atoms with Crippen LogP contribution in [0.2, 0.25) is 0 Å². The quantitative estimate of drug-likeness (QED) is 0.169. The summed E-state index contributed by atoms with van der Waals surface area (Å²) in [6, 6.07) is 11.0. The Morgan fingerprint density at radius 1 is 1.05 bits per heavy atom. The van der Waals surface area contributed by atoms with Crippen molar-refractivity contribution in [1.82, 2.24) is 19.8 Å². The van der Waals surface area contributed by atoms with E-state index >= 15 is 4.39 Å². The second kappa shape index (κ2) is 13.6. The molecule has 0 radical (unpaired) electrons. The number of alkyl halides is 1. The summed E-state index contributed by atoms with van der Waals surface area (Å²) in [6.07, 6.45) is 3.20. The third-order valence-corrected chi connectivity index (χ3v) is 12.2. The molecule has 11 nitrogen and oxygen atoms in total. The largest absolute Gasteiger partial charge is 0.490 e. The number of amides is 1. The van der Waals surface area contributed by atoms with E-state index in [4.69, 9.17) is 33.7 Å². The maximum absolute atomic E-state index is 17.6. The molecule has 0 aliphatic carbocycles. The van der Waals surface area contributed by atoms with Crippen molar-refractivity contribution in [3.05, 3.63) is 47.8 Å². The molecule has 13 heteroatoms. The Labute approximate surface area is 319 Å². The van der Waals surface area contributed by atoms with Gasteiger partial charge >= 0.3 is 12.1 Å². The normalized spacial score (nSPS) is 25.9. The molecule has 1 aromatic heterocycles. The number of piperazine rings is 1. The number of carbonyl (C=O) groups excluding carboxylic acids is 1. The van der Waals surface area contributed by atoms with E-state index in [1.165, 1.54) is 0 Å². The number of carbonyl (C=O) groups is 1. The predicted molar refractivity (Wildman–Crippen MR) is 204 cm³/mol. The van der Waals surface area contributed by atoms with Gasteiger partial charge in [0.2, 0.25) is 0 Å². The van der Waals surface area contributed by atoms with E-state index in [2.05, 4.69) is 22.8 Å². The van der Waals surface area contributed by atoms with Gasteiger partial charge in [-0.25, -0.2) is 13.6 Å². The summed E-state index contributed by atoms with van der Waals surface area (Å²) in [7, 11) is 1.56. The van der Waals surface area contributed by atoms with Crippen LogP contribution >= 0.6 is 0 Å². The van der Waals surface area contributed by atoms with Crippen LogP contribution in [0.3, 0.4) is 0 Å². The van der Waals surface area contributed by atoms with Gasteiger partial charge in [0.05, 0.1) is 29.1 Å². The molecule has 4 saturated heterocycles.